The Morgan fingerprint density at radius 3 is 2.58 bits per heavy atom. The van der Waals surface area contributed by atoms with Crippen LogP contribution in [0.1, 0.15) is 34.3 Å². The van der Waals surface area contributed by atoms with E-state index >= 15 is 0 Å². The summed E-state index contributed by atoms with van der Waals surface area (Å²) in [5.74, 6) is -0.433. The van der Waals surface area contributed by atoms with E-state index in [9.17, 15) is 9.59 Å². The van der Waals surface area contributed by atoms with Gasteiger partial charge in [-0.15, -0.1) is 0 Å². The van der Waals surface area contributed by atoms with E-state index in [0.717, 1.165) is 12.0 Å². The number of nitriles is 1. The zero-order chi connectivity index (χ0) is 16.9. The molecule has 2 aromatic rings. The summed E-state index contributed by atoms with van der Waals surface area (Å²) >= 11 is 0. The molecule has 1 fully saturated rings. The van der Waals surface area contributed by atoms with E-state index in [1.54, 1.807) is 53.4 Å². The molecule has 0 radical (unpaired) electrons. The maximum atomic E-state index is 12.4. The Morgan fingerprint density at radius 1 is 1.17 bits per heavy atom. The van der Waals surface area contributed by atoms with Crippen LogP contribution >= 0.6 is 0 Å². The highest BCUT2D eigenvalue weighted by molar-refractivity contribution is 6.03. The third-order valence-corrected chi connectivity index (χ3v) is 3.94. The molecule has 5 nitrogen and oxygen atoms in total. The summed E-state index contributed by atoms with van der Waals surface area (Å²) in [6.45, 7) is 0.742. The van der Waals surface area contributed by atoms with E-state index < -0.39 is 5.97 Å². The fourth-order valence-corrected chi connectivity index (χ4v) is 2.69. The van der Waals surface area contributed by atoms with Crippen molar-refractivity contribution in [2.75, 3.05) is 11.4 Å². The highest BCUT2D eigenvalue weighted by Gasteiger charge is 2.26. The fraction of sp³-hybridized carbons (Fsp3) is 0.211. The first-order valence-electron chi connectivity index (χ1n) is 7.74. The van der Waals surface area contributed by atoms with Crippen LogP contribution in [-0.2, 0) is 16.1 Å². The molecule has 1 aliphatic heterocycles. The predicted molar refractivity (Wildman–Crippen MR) is 88.3 cm³/mol. The van der Waals surface area contributed by atoms with Crippen LogP contribution in [0.15, 0.2) is 48.5 Å². The van der Waals surface area contributed by atoms with E-state index in [4.69, 9.17) is 10.00 Å². The third kappa shape index (κ3) is 3.28. The normalized spacial score (nSPS) is 13.6. The van der Waals surface area contributed by atoms with Crippen LogP contribution in [0.4, 0.5) is 5.69 Å². The van der Waals surface area contributed by atoms with Gasteiger partial charge in [-0.2, -0.15) is 5.26 Å². The summed E-state index contributed by atoms with van der Waals surface area (Å²) < 4.78 is 5.36. The van der Waals surface area contributed by atoms with Crippen molar-refractivity contribution in [2.24, 2.45) is 0 Å². The van der Waals surface area contributed by atoms with Crippen molar-refractivity contribution in [3.63, 3.8) is 0 Å². The van der Waals surface area contributed by atoms with Gasteiger partial charge in [0, 0.05) is 13.0 Å². The first kappa shape index (κ1) is 15.8. The standard InChI is InChI=1S/C19H16N2O3/c20-12-14-7-9-15(10-8-14)13-24-19(23)16-4-1-2-5-17(16)21-11-3-6-18(21)22/h1-2,4-5,7-10H,3,6,11,13H2. The molecule has 24 heavy (non-hydrogen) atoms. The lowest BCUT2D eigenvalue weighted by Crippen LogP contribution is -2.26. The second-order valence-corrected chi connectivity index (χ2v) is 5.55. The van der Waals surface area contributed by atoms with Gasteiger partial charge in [0.25, 0.3) is 0 Å². The van der Waals surface area contributed by atoms with Crippen LogP contribution in [0.3, 0.4) is 0 Å². The number of nitrogens with zero attached hydrogens (tertiary/aromatic N) is 2. The van der Waals surface area contributed by atoms with Gasteiger partial charge in [0.05, 0.1) is 22.9 Å². The number of carbonyl (C=O) groups excluding carboxylic acids is 2. The van der Waals surface area contributed by atoms with Crippen molar-refractivity contribution in [1.29, 1.82) is 5.26 Å². The lowest BCUT2D eigenvalue weighted by atomic mass is 10.1. The van der Waals surface area contributed by atoms with E-state index in [1.165, 1.54) is 0 Å². The van der Waals surface area contributed by atoms with Crippen LogP contribution in [-0.4, -0.2) is 18.4 Å². The highest BCUT2D eigenvalue weighted by Crippen LogP contribution is 2.26. The number of carbonyl (C=O) groups is 2. The monoisotopic (exact) mass is 320 g/mol. The molecular weight excluding hydrogens is 304 g/mol. The Bertz CT molecular complexity index is 806. The number of benzene rings is 2. The van der Waals surface area contributed by atoms with Crippen molar-refractivity contribution < 1.29 is 14.3 Å². The fourth-order valence-electron chi connectivity index (χ4n) is 2.69. The van der Waals surface area contributed by atoms with Crippen molar-refractivity contribution >= 4 is 17.6 Å². The van der Waals surface area contributed by atoms with Crippen LogP contribution in [0.2, 0.25) is 0 Å². The number of amides is 1. The molecule has 0 bridgehead atoms. The summed E-state index contributed by atoms with van der Waals surface area (Å²) in [5.41, 5.74) is 2.35. The van der Waals surface area contributed by atoms with Gasteiger partial charge in [0.15, 0.2) is 0 Å². The van der Waals surface area contributed by atoms with Crippen LogP contribution in [0, 0.1) is 11.3 Å². The quantitative estimate of drug-likeness (QED) is 0.812. The Kier molecular flexibility index (Phi) is 4.57. The molecule has 120 valence electrons. The number of ether oxygens (including phenoxy) is 1. The van der Waals surface area contributed by atoms with Crippen molar-refractivity contribution in [1.82, 2.24) is 0 Å². The van der Waals surface area contributed by atoms with Gasteiger partial charge in [-0.1, -0.05) is 24.3 Å². The molecular formula is C19H16N2O3. The molecule has 0 N–H and O–H groups in total. The Balaban J connectivity index is 1.73. The summed E-state index contributed by atoms with van der Waals surface area (Å²) in [4.78, 5) is 26.0. The molecule has 1 heterocycles. The zero-order valence-electron chi connectivity index (χ0n) is 13.1. The maximum absolute atomic E-state index is 12.4. The van der Waals surface area contributed by atoms with Crippen LogP contribution < -0.4 is 4.90 Å². The van der Waals surface area contributed by atoms with Gasteiger partial charge in [-0.05, 0) is 36.2 Å². The Hall–Kier alpha value is -3.13. The highest BCUT2D eigenvalue weighted by atomic mass is 16.5. The molecule has 2 aromatic carbocycles. The second-order valence-electron chi connectivity index (χ2n) is 5.55. The molecule has 0 spiro atoms. The van der Waals surface area contributed by atoms with Gasteiger partial charge in [-0.25, -0.2) is 4.79 Å². The minimum absolute atomic E-state index is 0.0299. The van der Waals surface area contributed by atoms with Gasteiger partial charge < -0.3 is 9.64 Å². The Morgan fingerprint density at radius 2 is 1.92 bits per heavy atom. The van der Waals surface area contributed by atoms with Crippen molar-refractivity contribution in [3.8, 4) is 6.07 Å². The lowest BCUT2D eigenvalue weighted by Gasteiger charge is -2.18. The number of esters is 1. The smallest absolute Gasteiger partial charge is 0.340 e. The first-order chi connectivity index (χ1) is 11.7. The average molecular weight is 320 g/mol. The zero-order valence-corrected chi connectivity index (χ0v) is 13.1. The number of rotatable bonds is 4. The van der Waals surface area contributed by atoms with Gasteiger partial charge in [0.2, 0.25) is 5.91 Å². The molecule has 1 saturated heterocycles. The summed E-state index contributed by atoms with van der Waals surface area (Å²) in [5, 5.41) is 8.78. The summed E-state index contributed by atoms with van der Waals surface area (Å²) in [7, 11) is 0. The molecule has 5 heteroatoms. The van der Waals surface area contributed by atoms with Crippen molar-refractivity contribution in [2.45, 2.75) is 19.4 Å². The van der Waals surface area contributed by atoms with Gasteiger partial charge in [-0.3, -0.25) is 4.79 Å². The number of hydrogen-bond donors (Lipinski definition) is 0. The topological polar surface area (TPSA) is 70.4 Å². The maximum Gasteiger partial charge on any atom is 0.340 e. The predicted octanol–water partition coefficient (Wildman–Crippen LogP) is 3.04. The third-order valence-electron chi connectivity index (χ3n) is 3.94. The lowest BCUT2D eigenvalue weighted by molar-refractivity contribution is -0.117. The molecule has 0 aromatic heterocycles. The number of hydrogen-bond acceptors (Lipinski definition) is 4. The molecule has 0 atom stereocenters. The van der Waals surface area contributed by atoms with Crippen LogP contribution in [0.5, 0.6) is 0 Å². The van der Waals surface area contributed by atoms with E-state index in [1.807, 2.05) is 6.07 Å². The summed E-state index contributed by atoms with van der Waals surface area (Å²) in [6, 6.07) is 15.9. The van der Waals surface area contributed by atoms with Gasteiger partial charge in [0.1, 0.15) is 6.61 Å². The molecule has 0 aliphatic carbocycles. The SMILES string of the molecule is N#Cc1ccc(COC(=O)c2ccccc2N2CCCC2=O)cc1. The van der Waals surface area contributed by atoms with E-state index in [0.29, 0.717) is 29.8 Å². The largest absolute Gasteiger partial charge is 0.457 e. The van der Waals surface area contributed by atoms with Gasteiger partial charge >= 0.3 is 5.97 Å². The number of anilines is 1. The molecule has 1 aliphatic rings. The summed E-state index contributed by atoms with van der Waals surface area (Å²) in [6.07, 6.45) is 1.31. The molecule has 3 rings (SSSR count). The minimum atomic E-state index is -0.463. The first-order valence-corrected chi connectivity index (χ1v) is 7.74. The van der Waals surface area contributed by atoms with E-state index in [-0.39, 0.29) is 12.5 Å². The molecule has 0 saturated carbocycles. The Labute approximate surface area is 140 Å². The second kappa shape index (κ2) is 6.97. The molecule has 1 amide bonds. The minimum Gasteiger partial charge on any atom is -0.457 e. The number of para-hydroxylation sites is 1. The molecule has 0 unspecified atom stereocenters. The average Bonchev–Trinajstić information content (AvgIpc) is 3.06. The van der Waals surface area contributed by atoms with E-state index in [2.05, 4.69) is 0 Å². The van der Waals surface area contributed by atoms with Crippen molar-refractivity contribution in [3.05, 3.63) is 65.2 Å². The van der Waals surface area contributed by atoms with Crippen LogP contribution in [0.25, 0.3) is 0 Å².